The predicted octanol–water partition coefficient (Wildman–Crippen LogP) is 2.93. The van der Waals surface area contributed by atoms with Crippen molar-refractivity contribution in [1.82, 2.24) is 10.2 Å². The van der Waals surface area contributed by atoms with E-state index in [2.05, 4.69) is 30.1 Å². The summed E-state index contributed by atoms with van der Waals surface area (Å²) in [6.45, 7) is 8.66. The molecule has 1 aliphatic rings. The zero-order valence-electron chi connectivity index (χ0n) is 12.0. The third-order valence-electron chi connectivity index (χ3n) is 3.57. The fourth-order valence-corrected chi connectivity index (χ4v) is 2.46. The van der Waals surface area contributed by atoms with Crippen LogP contribution in [0.4, 0.5) is 0 Å². The summed E-state index contributed by atoms with van der Waals surface area (Å²) in [5.41, 5.74) is 1.36. The van der Waals surface area contributed by atoms with Crippen LogP contribution in [-0.4, -0.2) is 25.0 Å². The molecule has 3 nitrogen and oxygen atoms in total. The number of nitrogens with zero attached hydrogens (tertiary/aromatic N) is 1. The normalized spacial score (nSPS) is 15.6. The Balaban J connectivity index is 1.95. The van der Waals surface area contributed by atoms with E-state index in [9.17, 15) is 0 Å². The van der Waals surface area contributed by atoms with Crippen molar-refractivity contribution in [3.63, 3.8) is 0 Å². The molecule has 0 saturated heterocycles. The molecule has 1 N–H and O–H groups in total. The highest BCUT2D eigenvalue weighted by atomic mass is 16.3. The Morgan fingerprint density at radius 1 is 1.44 bits per heavy atom. The highest BCUT2D eigenvalue weighted by Gasteiger charge is 2.24. The van der Waals surface area contributed by atoms with Gasteiger partial charge in [0.15, 0.2) is 0 Å². The van der Waals surface area contributed by atoms with Crippen LogP contribution >= 0.6 is 0 Å². The molecule has 0 spiro atoms. The number of aryl methyl sites for hydroxylation is 1. The van der Waals surface area contributed by atoms with Crippen molar-refractivity contribution < 1.29 is 4.42 Å². The zero-order valence-corrected chi connectivity index (χ0v) is 12.0. The number of nitrogens with one attached hydrogen (secondary N) is 1. The monoisotopic (exact) mass is 250 g/mol. The number of hydrogen-bond acceptors (Lipinski definition) is 3. The van der Waals surface area contributed by atoms with Crippen LogP contribution in [0.2, 0.25) is 0 Å². The molecule has 18 heavy (non-hydrogen) atoms. The van der Waals surface area contributed by atoms with Gasteiger partial charge >= 0.3 is 0 Å². The smallest absolute Gasteiger partial charge is 0.118 e. The van der Waals surface area contributed by atoms with Crippen LogP contribution in [-0.2, 0) is 13.1 Å². The average Bonchev–Trinajstić information content (AvgIpc) is 3.06. The maximum atomic E-state index is 5.77. The first-order valence-electron chi connectivity index (χ1n) is 7.18. The van der Waals surface area contributed by atoms with Gasteiger partial charge in [-0.3, -0.25) is 4.90 Å². The van der Waals surface area contributed by atoms with E-state index in [1.54, 1.807) is 0 Å². The van der Waals surface area contributed by atoms with Crippen molar-refractivity contribution in [2.24, 2.45) is 5.92 Å². The molecule has 3 heteroatoms. The number of furan rings is 1. The third kappa shape index (κ3) is 3.85. The van der Waals surface area contributed by atoms with Gasteiger partial charge in [0.1, 0.15) is 11.5 Å². The first-order chi connectivity index (χ1) is 8.72. The van der Waals surface area contributed by atoms with Gasteiger partial charge in [0.25, 0.3) is 0 Å². The Hall–Kier alpha value is -0.800. The number of rotatable bonds is 8. The van der Waals surface area contributed by atoms with Crippen molar-refractivity contribution in [3.8, 4) is 0 Å². The molecule has 2 rings (SSSR count). The lowest BCUT2D eigenvalue weighted by atomic mass is 10.2. The molecule has 1 aromatic heterocycles. The molecule has 0 radical (unpaired) electrons. The molecule has 0 aliphatic heterocycles. The van der Waals surface area contributed by atoms with Crippen molar-refractivity contribution in [3.05, 3.63) is 23.2 Å². The molecule has 1 heterocycles. The first-order valence-corrected chi connectivity index (χ1v) is 7.18. The minimum atomic E-state index is 0.817. The van der Waals surface area contributed by atoms with E-state index in [1.165, 1.54) is 37.9 Å². The lowest BCUT2D eigenvalue weighted by molar-refractivity contribution is 0.253. The van der Waals surface area contributed by atoms with Gasteiger partial charge in [-0.05, 0) is 51.8 Å². The minimum Gasteiger partial charge on any atom is -0.465 e. The van der Waals surface area contributed by atoms with Gasteiger partial charge in [-0.1, -0.05) is 6.92 Å². The van der Waals surface area contributed by atoms with Gasteiger partial charge in [0.2, 0.25) is 0 Å². The second-order valence-electron chi connectivity index (χ2n) is 5.50. The van der Waals surface area contributed by atoms with E-state index in [0.717, 1.165) is 30.5 Å². The van der Waals surface area contributed by atoms with E-state index < -0.39 is 0 Å². The third-order valence-corrected chi connectivity index (χ3v) is 3.57. The van der Waals surface area contributed by atoms with Gasteiger partial charge in [0, 0.05) is 18.7 Å². The molecule has 0 bridgehead atoms. The highest BCUT2D eigenvalue weighted by molar-refractivity contribution is 5.20. The second-order valence-corrected chi connectivity index (χ2v) is 5.50. The summed E-state index contributed by atoms with van der Waals surface area (Å²) in [7, 11) is 1.95. The number of hydrogen-bond donors (Lipinski definition) is 1. The molecule has 1 fully saturated rings. The van der Waals surface area contributed by atoms with E-state index in [1.807, 2.05) is 7.05 Å². The maximum absolute atomic E-state index is 5.77. The maximum Gasteiger partial charge on any atom is 0.118 e. The van der Waals surface area contributed by atoms with Gasteiger partial charge in [-0.2, -0.15) is 0 Å². The van der Waals surface area contributed by atoms with Crippen LogP contribution in [0.3, 0.4) is 0 Å². The summed E-state index contributed by atoms with van der Waals surface area (Å²) < 4.78 is 5.77. The Labute approximate surface area is 111 Å². The summed E-state index contributed by atoms with van der Waals surface area (Å²) in [5, 5.41) is 3.14. The molecule has 0 atom stereocenters. The molecular formula is C15H26N2O. The molecule has 1 aliphatic carbocycles. The molecule has 0 amide bonds. The largest absolute Gasteiger partial charge is 0.465 e. The molecule has 102 valence electrons. The highest BCUT2D eigenvalue weighted by Crippen LogP contribution is 2.30. The summed E-state index contributed by atoms with van der Waals surface area (Å²) in [4.78, 5) is 2.58. The van der Waals surface area contributed by atoms with Crippen LogP contribution < -0.4 is 5.32 Å². The molecule has 1 saturated carbocycles. The topological polar surface area (TPSA) is 28.4 Å². The lowest BCUT2D eigenvalue weighted by Crippen LogP contribution is -2.26. The fraction of sp³-hybridized carbons (Fsp3) is 0.733. The first kappa shape index (κ1) is 13.6. The fourth-order valence-electron chi connectivity index (χ4n) is 2.46. The summed E-state index contributed by atoms with van der Waals surface area (Å²) in [6, 6.07) is 2.21. The Kier molecular flexibility index (Phi) is 4.84. The van der Waals surface area contributed by atoms with E-state index in [4.69, 9.17) is 4.42 Å². The summed E-state index contributed by atoms with van der Waals surface area (Å²) in [5.74, 6) is 3.09. The quantitative estimate of drug-likeness (QED) is 0.769. The van der Waals surface area contributed by atoms with Crippen molar-refractivity contribution in [2.75, 3.05) is 20.1 Å². The van der Waals surface area contributed by atoms with E-state index in [0.29, 0.717) is 0 Å². The Bertz CT molecular complexity index is 369. The Morgan fingerprint density at radius 3 is 2.83 bits per heavy atom. The van der Waals surface area contributed by atoms with Gasteiger partial charge < -0.3 is 9.73 Å². The minimum absolute atomic E-state index is 0.817. The van der Waals surface area contributed by atoms with Crippen molar-refractivity contribution in [1.29, 1.82) is 0 Å². The zero-order chi connectivity index (χ0) is 13.0. The van der Waals surface area contributed by atoms with Gasteiger partial charge in [0.05, 0.1) is 6.54 Å². The standard InChI is InChI=1S/C15H26N2O/c1-4-7-17(10-13-5-6-13)11-14-8-15(9-16-3)18-12(14)2/h8,13,16H,4-7,9-11H2,1-3H3. The van der Waals surface area contributed by atoms with Gasteiger partial charge in [-0.15, -0.1) is 0 Å². The van der Waals surface area contributed by atoms with Crippen LogP contribution in [0.25, 0.3) is 0 Å². The molecule has 0 unspecified atom stereocenters. The van der Waals surface area contributed by atoms with Crippen LogP contribution in [0.1, 0.15) is 43.3 Å². The average molecular weight is 250 g/mol. The van der Waals surface area contributed by atoms with E-state index >= 15 is 0 Å². The van der Waals surface area contributed by atoms with Crippen LogP contribution in [0, 0.1) is 12.8 Å². The Morgan fingerprint density at radius 2 is 2.22 bits per heavy atom. The second kappa shape index (κ2) is 6.39. The molecular weight excluding hydrogens is 224 g/mol. The van der Waals surface area contributed by atoms with Crippen molar-refractivity contribution in [2.45, 2.75) is 46.2 Å². The summed E-state index contributed by atoms with van der Waals surface area (Å²) >= 11 is 0. The lowest BCUT2D eigenvalue weighted by Gasteiger charge is -2.21. The summed E-state index contributed by atoms with van der Waals surface area (Å²) in [6.07, 6.45) is 4.08. The van der Waals surface area contributed by atoms with Crippen LogP contribution in [0.5, 0.6) is 0 Å². The van der Waals surface area contributed by atoms with Crippen molar-refractivity contribution >= 4 is 0 Å². The molecule has 0 aromatic carbocycles. The SMILES string of the molecule is CCCN(Cc1cc(CNC)oc1C)CC1CC1. The predicted molar refractivity (Wildman–Crippen MR) is 74.5 cm³/mol. The van der Waals surface area contributed by atoms with Crippen LogP contribution in [0.15, 0.2) is 10.5 Å². The molecule has 1 aromatic rings. The van der Waals surface area contributed by atoms with Gasteiger partial charge in [-0.25, -0.2) is 0 Å². The van der Waals surface area contributed by atoms with E-state index in [-0.39, 0.29) is 0 Å².